The lowest BCUT2D eigenvalue weighted by atomic mass is 10.1. The highest BCUT2D eigenvalue weighted by Gasteiger charge is 2.23. The molecule has 4 rings (SSSR count). The van der Waals surface area contributed by atoms with Gasteiger partial charge in [-0.05, 0) is 68.7 Å². The number of hydrogen-bond acceptors (Lipinski definition) is 6. The number of aryl methyl sites for hydroxylation is 3. The molecule has 2 heterocycles. The van der Waals surface area contributed by atoms with E-state index in [9.17, 15) is 14.4 Å². The Balaban J connectivity index is 1.88. The van der Waals surface area contributed by atoms with Crippen LogP contribution in [0.25, 0.3) is 16.5 Å². The molecule has 0 saturated carbocycles. The van der Waals surface area contributed by atoms with E-state index in [1.807, 2.05) is 39.0 Å². The number of carbonyl (C=O) groups excluding carboxylic acids is 2. The second kappa shape index (κ2) is 8.99. The predicted molar refractivity (Wildman–Crippen MR) is 130 cm³/mol. The van der Waals surface area contributed by atoms with Gasteiger partial charge in [0, 0.05) is 16.3 Å². The van der Waals surface area contributed by atoms with Crippen LogP contribution in [-0.4, -0.2) is 28.3 Å². The Hall–Kier alpha value is -3.78. The van der Waals surface area contributed by atoms with Gasteiger partial charge in [0.2, 0.25) is 0 Å². The summed E-state index contributed by atoms with van der Waals surface area (Å²) in [5.74, 6) is -0.966. The van der Waals surface area contributed by atoms with Gasteiger partial charge in [-0.2, -0.15) is 9.78 Å². The SMILES string of the molecule is CCOC(=O)c1nn(-c2cccc(C)c2)c(=O)c2c(NC(=O)c3ccc(C)c(C)c3)scc12. The van der Waals surface area contributed by atoms with E-state index in [0.29, 0.717) is 21.6 Å². The van der Waals surface area contributed by atoms with Crippen molar-refractivity contribution < 1.29 is 14.3 Å². The third-order valence-corrected chi connectivity index (χ3v) is 6.26. The average Bonchev–Trinajstić information content (AvgIpc) is 3.20. The third-order valence-electron chi connectivity index (χ3n) is 5.36. The van der Waals surface area contributed by atoms with E-state index in [1.54, 1.807) is 36.6 Å². The van der Waals surface area contributed by atoms with Crippen molar-refractivity contribution in [2.75, 3.05) is 11.9 Å². The van der Waals surface area contributed by atoms with E-state index in [1.165, 1.54) is 16.0 Å². The molecule has 0 unspecified atom stereocenters. The van der Waals surface area contributed by atoms with Gasteiger partial charge < -0.3 is 10.1 Å². The highest BCUT2D eigenvalue weighted by Crippen LogP contribution is 2.31. The van der Waals surface area contributed by atoms with E-state index < -0.39 is 11.5 Å². The largest absolute Gasteiger partial charge is 0.461 e. The molecule has 0 aliphatic carbocycles. The summed E-state index contributed by atoms with van der Waals surface area (Å²) in [6.07, 6.45) is 0. The summed E-state index contributed by atoms with van der Waals surface area (Å²) in [5, 5.41) is 9.74. The maximum atomic E-state index is 13.5. The molecule has 0 spiro atoms. The molecule has 8 heteroatoms. The van der Waals surface area contributed by atoms with Crippen molar-refractivity contribution in [3.05, 3.63) is 86.1 Å². The lowest BCUT2D eigenvalue weighted by Gasteiger charge is -2.10. The molecular formula is C25H23N3O4S. The van der Waals surface area contributed by atoms with Gasteiger partial charge in [0.25, 0.3) is 11.5 Å². The van der Waals surface area contributed by atoms with Gasteiger partial charge in [-0.3, -0.25) is 9.59 Å². The summed E-state index contributed by atoms with van der Waals surface area (Å²) < 4.78 is 6.36. The number of fused-ring (bicyclic) bond motifs is 1. The van der Waals surface area contributed by atoms with E-state index in [2.05, 4.69) is 10.4 Å². The van der Waals surface area contributed by atoms with Crippen LogP contribution >= 0.6 is 11.3 Å². The quantitative estimate of drug-likeness (QED) is 0.431. The summed E-state index contributed by atoms with van der Waals surface area (Å²) in [6, 6.07) is 12.7. The summed E-state index contributed by atoms with van der Waals surface area (Å²) >= 11 is 1.17. The number of carbonyl (C=O) groups is 2. The number of benzene rings is 2. The van der Waals surface area contributed by atoms with E-state index >= 15 is 0 Å². The molecule has 7 nitrogen and oxygen atoms in total. The van der Waals surface area contributed by atoms with Gasteiger partial charge in [-0.25, -0.2) is 4.79 Å². The Morgan fingerprint density at radius 1 is 1.09 bits per heavy atom. The van der Waals surface area contributed by atoms with Crippen LogP contribution in [0.2, 0.25) is 0 Å². The number of nitrogens with one attached hydrogen (secondary N) is 1. The van der Waals surface area contributed by atoms with Gasteiger partial charge in [-0.1, -0.05) is 18.2 Å². The first-order valence-electron chi connectivity index (χ1n) is 10.5. The summed E-state index contributed by atoms with van der Waals surface area (Å²) in [6.45, 7) is 7.69. The number of ether oxygens (including phenoxy) is 1. The van der Waals surface area contributed by atoms with Crippen molar-refractivity contribution in [3.8, 4) is 5.69 Å². The third kappa shape index (κ3) is 4.29. The lowest BCUT2D eigenvalue weighted by molar-refractivity contribution is 0.0520. The van der Waals surface area contributed by atoms with Crippen LogP contribution in [0.1, 0.15) is 44.5 Å². The number of anilines is 1. The summed E-state index contributed by atoms with van der Waals surface area (Å²) in [4.78, 5) is 39.1. The fourth-order valence-electron chi connectivity index (χ4n) is 3.48. The Labute approximate surface area is 194 Å². The Morgan fingerprint density at radius 2 is 1.88 bits per heavy atom. The number of aromatic nitrogens is 2. The smallest absolute Gasteiger partial charge is 0.359 e. The topological polar surface area (TPSA) is 90.3 Å². The van der Waals surface area contributed by atoms with E-state index in [-0.39, 0.29) is 23.6 Å². The second-order valence-corrected chi connectivity index (χ2v) is 8.61. The molecule has 33 heavy (non-hydrogen) atoms. The molecule has 1 N–H and O–H groups in total. The van der Waals surface area contributed by atoms with E-state index in [4.69, 9.17) is 4.74 Å². The highest BCUT2D eigenvalue weighted by molar-refractivity contribution is 7.16. The number of thiophene rings is 1. The van der Waals surface area contributed by atoms with Crippen molar-refractivity contribution >= 4 is 39.0 Å². The van der Waals surface area contributed by atoms with Crippen molar-refractivity contribution in [3.63, 3.8) is 0 Å². The van der Waals surface area contributed by atoms with Crippen LogP contribution in [0.5, 0.6) is 0 Å². The maximum Gasteiger partial charge on any atom is 0.359 e. The molecule has 0 fully saturated rings. The zero-order chi connectivity index (χ0) is 23.7. The number of amides is 1. The monoisotopic (exact) mass is 461 g/mol. The van der Waals surface area contributed by atoms with Crippen LogP contribution in [0, 0.1) is 20.8 Å². The molecule has 0 aliphatic rings. The molecule has 0 bridgehead atoms. The van der Waals surface area contributed by atoms with Gasteiger partial charge in [0.15, 0.2) is 5.69 Å². The minimum Gasteiger partial charge on any atom is -0.461 e. The number of hydrogen-bond donors (Lipinski definition) is 1. The normalized spacial score (nSPS) is 10.9. The summed E-state index contributed by atoms with van der Waals surface area (Å²) in [7, 11) is 0. The summed E-state index contributed by atoms with van der Waals surface area (Å²) in [5.41, 5.74) is 3.61. The van der Waals surface area contributed by atoms with Crippen LogP contribution in [-0.2, 0) is 4.74 Å². The molecule has 2 aromatic carbocycles. The fraction of sp³-hybridized carbons (Fsp3) is 0.200. The minimum absolute atomic E-state index is 0.0240. The fourth-order valence-corrected chi connectivity index (χ4v) is 4.42. The van der Waals surface area contributed by atoms with Gasteiger partial charge in [0.05, 0.1) is 17.7 Å². The average molecular weight is 462 g/mol. The number of nitrogens with zero attached hydrogens (tertiary/aromatic N) is 2. The van der Waals surface area contributed by atoms with Gasteiger partial charge in [-0.15, -0.1) is 11.3 Å². The number of rotatable bonds is 5. The maximum absolute atomic E-state index is 13.5. The highest BCUT2D eigenvalue weighted by atomic mass is 32.1. The molecule has 0 radical (unpaired) electrons. The van der Waals surface area contributed by atoms with Crippen LogP contribution in [0.3, 0.4) is 0 Å². The zero-order valence-electron chi connectivity index (χ0n) is 18.8. The second-order valence-electron chi connectivity index (χ2n) is 7.73. The van der Waals surface area contributed by atoms with Crippen molar-refractivity contribution in [2.24, 2.45) is 0 Å². The van der Waals surface area contributed by atoms with Crippen LogP contribution in [0.4, 0.5) is 5.00 Å². The van der Waals surface area contributed by atoms with Gasteiger partial charge >= 0.3 is 5.97 Å². The van der Waals surface area contributed by atoms with Crippen molar-refractivity contribution in [2.45, 2.75) is 27.7 Å². The molecule has 1 amide bonds. The molecule has 0 saturated heterocycles. The van der Waals surface area contributed by atoms with Crippen LogP contribution in [0.15, 0.2) is 52.6 Å². The zero-order valence-corrected chi connectivity index (χ0v) is 19.6. The first-order chi connectivity index (χ1) is 15.8. The first kappa shape index (κ1) is 22.4. The predicted octanol–water partition coefficient (Wildman–Crippen LogP) is 4.80. The molecular weight excluding hydrogens is 438 g/mol. The molecule has 2 aromatic heterocycles. The molecule has 0 aliphatic heterocycles. The Morgan fingerprint density at radius 3 is 2.58 bits per heavy atom. The van der Waals surface area contributed by atoms with Gasteiger partial charge in [0.1, 0.15) is 5.00 Å². The lowest BCUT2D eigenvalue weighted by Crippen LogP contribution is -2.25. The molecule has 4 aromatic rings. The van der Waals surface area contributed by atoms with Crippen molar-refractivity contribution in [1.29, 1.82) is 0 Å². The molecule has 0 atom stereocenters. The Bertz CT molecular complexity index is 1450. The molecule has 168 valence electrons. The van der Waals surface area contributed by atoms with E-state index in [0.717, 1.165) is 16.7 Å². The first-order valence-corrected chi connectivity index (χ1v) is 11.4. The van der Waals surface area contributed by atoms with Crippen molar-refractivity contribution in [1.82, 2.24) is 9.78 Å². The van der Waals surface area contributed by atoms with Crippen LogP contribution < -0.4 is 10.9 Å². The number of esters is 1. The minimum atomic E-state index is -0.631. The standard InChI is InChI=1S/C25H23N3O4S/c1-5-32-25(31)21-19-13-33-23(26-22(29)17-10-9-15(3)16(4)12-17)20(19)24(30)28(27-21)18-8-6-7-14(2)11-18/h6-13H,5H2,1-4H3,(H,26,29). The Kier molecular flexibility index (Phi) is 6.11.